The lowest BCUT2D eigenvalue weighted by atomic mass is 9.96. The van der Waals surface area contributed by atoms with Crippen molar-refractivity contribution in [3.8, 4) is 0 Å². The van der Waals surface area contributed by atoms with Crippen molar-refractivity contribution in [2.45, 2.75) is 18.6 Å². The molecule has 3 heterocycles. The molecule has 0 bridgehead atoms. The molecular weight excluding hydrogens is 330 g/mol. The van der Waals surface area contributed by atoms with Crippen molar-refractivity contribution in [1.29, 1.82) is 0 Å². The summed E-state index contributed by atoms with van der Waals surface area (Å²) >= 11 is 0. The van der Waals surface area contributed by atoms with E-state index < -0.39 is 17.9 Å². The number of hydrogen-bond donors (Lipinski definition) is 1. The van der Waals surface area contributed by atoms with E-state index >= 15 is 0 Å². The number of aromatic nitrogens is 4. The third-order valence-corrected chi connectivity index (χ3v) is 3.92. The Bertz CT molecular complexity index is 896. The maximum atomic E-state index is 14.2. The summed E-state index contributed by atoms with van der Waals surface area (Å²) in [6.07, 6.45) is -4.70. The molecule has 4 rings (SSSR count). The van der Waals surface area contributed by atoms with E-state index in [4.69, 9.17) is 0 Å². The quantitative estimate of drug-likeness (QED) is 0.741. The van der Waals surface area contributed by atoms with Gasteiger partial charge in [0.05, 0.1) is 16.6 Å². The molecule has 0 amide bonds. The Morgan fingerprint density at radius 1 is 1.29 bits per heavy atom. The van der Waals surface area contributed by atoms with Crippen molar-refractivity contribution < 1.29 is 22.1 Å². The second-order valence-electron chi connectivity index (χ2n) is 5.55. The molecule has 0 radical (unpaired) electrons. The molecule has 0 aliphatic carbocycles. The Balaban J connectivity index is 1.74. The number of nitrogens with one attached hydrogen (secondary N) is 1. The summed E-state index contributed by atoms with van der Waals surface area (Å²) < 4.78 is 57.4. The van der Waals surface area contributed by atoms with E-state index in [1.807, 2.05) is 0 Å². The first-order chi connectivity index (χ1) is 11.4. The van der Waals surface area contributed by atoms with Gasteiger partial charge in [0.2, 0.25) is 0 Å². The molecule has 1 N–H and O–H groups in total. The first-order valence-corrected chi connectivity index (χ1v) is 7.19. The molecule has 0 saturated carbocycles. The first kappa shape index (κ1) is 15.1. The predicted molar refractivity (Wildman–Crippen MR) is 73.7 cm³/mol. The van der Waals surface area contributed by atoms with Gasteiger partial charge in [-0.15, -0.1) is 0 Å². The van der Waals surface area contributed by atoms with Gasteiger partial charge in [-0.2, -0.15) is 23.3 Å². The van der Waals surface area contributed by atoms with Crippen molar-refractivity contribution in [2.75, 3.05) is 13.1 Å². The Morgan fingerprint density at radius 2 is 2.08 bits per heavy atom. The van der Waals surface area contributed by atoms with Crippen LogP contribution < -0.4 is 5.32 Å². The van der Waals surface area contributed by atoms with Crippen LogP contribution in [0.25, 0.3) is 10.9 Å². The summed E-state index contributed by atoms with van der Waals surface area (Å²) in [5.41, 5.74) is 1.07. The number of halogens is 4. The molecule has 6 nitrogen and oxygen atoms in total. The Morgan fingerprint density at radius 3 is 2.71 bits per heavy atom. The molecule has 1 saturated heterocycles. The minimum absolute atomic E-state index is 0.0710. The fraction of sp³-hybridized carbons (Fsp3) is 0.357. The van der Waals surface area contributed by atoms with Gasteiger partial charge in [-0.1, -0.05) is 11.2 Å². The average molecular weight is 341 g/mol. The lowest BCUT2D eigenvalue weighted by Crippen LogP contribution is -2.40. The van der Waals surface area contributed by atoms with Crippen LogP contribution in [0.4, 0.5) is 17.6 Å². The summed E-state index contributed by atoms with van der Waals surface area (Å²) in [4.78, 5) is 3.32. The molecule has 3 aromatic rings. The molecule has 10 heteroatoms. The summed E-state index contributed by atoms with van der Waals surface area (Å²) in [5.74, 6) is -1.93. The van der Waals surface area contributed by atoms with Gasteiger partial charge in [0, 0.05) is 19.0 Å². The number of hydrogen-bond acceptors (Lipinski definition) is 5. The number of rotatable bonds is 3. The number of fused-ring (bicyclic) bond motifs is 1. The highest BCUT2D eigenvalue weighted by Crippen LogP contribution is 2.30. The van der Waals surface area contributed by atoms with Crippen LogP contribution in [0.15, 0.2) is 22.7 Å². The summed E-state index contributed by atoms with van der Waals surface area (Å²) in [6.45, 7) is 1.22. The molecule has 126 valence electrons. The molecule has 2 aromatic heterocycles. The van der Waals surface area contributed by atoms with E-state index in [1.165, 1.54) is 16.8 Å². The highest BCUT2D eigenvalue weighted by Gasteiger charge is 2.38. The third-order valence-electron chi connectivity index (χ3n) is 3.92. The molecule has 1 aromatic carbocycles. The van der Waals surface area contributed by atoms with Crippen molar-refractivity contribution in [3.63, 3.8) is 0 Å². The largest absolute Gasteiger partial charge is 0.471 e. The first-order valence-electron chi connectivity index (χ1n) is 7.19. The SMILES string of the molecule is Fc1cccc2c1c(C1CNC1)nn2Cc1noc(C(F)(F)F)n1. The fourth-order valence-corrected chi connectivity index (χ4v) is 2.67. The third kappa shape index (κ3) is 2.42. The van der Waals surface area contributed by atoms with Crippen molar-refractivity contribution in [1.82, 2.24) is 25.2 Å². The van der Waals surface area contributed by atoms with Gasteiger partial charge < -0.3 is 9.84 Å². The molecule has 0 spiro atoms. The molecule has 0 atom stereocenters. The van der Waals surface area contributed by atoms with E-state index in [0.29, 0.717) is 29.7 Å². The molecule has 24 heavy (non-hydrogen) atoms. The zero-order valence-corrected chi connectivity index (χ0v) is 12.1. The van der Waals surface area contributed by atoms with E-state index in [0.717, 1.165) is 0 Å². The smallest absolute Gasteiger partial charge is 0.329 e. The normalized spacial score (nSPS) is 15.8. The van der Waals surface area contributed by atoms with Gasteiger partial charge >= 0.3 is 12.1 Å². The predicted octanol–water partition coefficient (Wildman–Crippen LogP) is 2.31. The Hall–Kier alpha value is -2.49. The van der Waals surface area contributed by atoms with Crippen LogP contribution in [-0.4, -0.2) is 33.0 Å². The minimum Gasteiger partial charge on any atom is -0.329 e. The van der Waals surface area contributed by atoms with Crippen molar-refractivity contribution in [2.24, 2.45) is 0 Å². The van der Waals surface area contributed by atoms with Crippen molar-refractivity contribution >= 4 is 10.9 Å². The minimum atomic E-state index is -4.70. The molecule has 1 fully saturated rings. The summed E-state index contributed by atoms with van der Waals surface area (Å²) in [5, 5.41) is 11.2. The highest BCUT2D eigenvalue weighted by atomic mass is 19.4. The van der Waals surface area contributed by atoms with Crippen LogP contribution in [0.3, 0.4) is 0 Å². The van der Waals surface area contributed by atoms with Crippen molar-refractivity contribution in [3.05, 3.63) is 41.4 Å². The zero-order chi connectivity index (χ0) is 16.9. The van der Waals surface area contributed by atoms with E-state index in [2.05, 4.69) is 25.1 Å². The van der Waals surface area contributed by atoms with Gasteiger partial charge in [-0.25, -0.2) is 4.39 Å². The van der Waals surface area contributed by atoms with Crippen LogP contribution in [0.5, 0.6) is 0 Å². The second kappa shape index (κ2) is 5.26. The van der Waals surface area contributed by atoms with Crippen LogP contribution >= 0.6 is 0 Å². The lowest BCUT2D eigenvalue weighted by Gasteiger charge is -2.25. The van der Waals surface area contributed by atoms with Crippen LogP contribution in [-0.2, 0) is 12.7 Å². The average Bonchev–Trinajstić information content (AvgIpc) is 3.04. The number of benzene rings is 1. The van der Waals surface area contributed by atoms with Gasteiger partial charge in [0.1, 0.15) is 12.4 Å². The van der Waals surface area contributed by atoms with Gasteiger partial charge in [0.25, 0.3) is 0 Å². The highest BCUT2D eigenvalue weighted by molar-refractivity contribution is 5.83. The molecular formula is C14H11F4N5O. The van der Waals surface area contributed by atoms with E-state index in [9.17, 15) is 17.6 Å². The van der Waals surface area contributed by atoms with Gasteiger partial charge in [0.15, 0.2) is 5.82 Å². The summed E-state index contributed by atoms with van der Waals surface area (Å²) in [6, 6.07) is 4.52. The number of nitrogens with zero attached hydrogens (tertiary/aromatic N) is 4. The second-order valence-corrected chi connectivity index (χ2v) is 5.55. The Kier molecular flexibility index (Phi) is 3.30. The van der Waals surface area contributed by atoms with Crippen LogP contribution in [0, 0.1) is 5.82 Å². The molecule has 0 unspecified atom stereocenters. The van der Waals surface area contributed by atoms with Gasteiger partial charge in [-0.05, 0) is 12.1 Å². The maximum Gasteiger partial charge on any atom is 0.471 e. The number of alkyl halides is 3. The van der Waals surface area contributed by atoms with Gasteiger partial charge in [-0.3, -0.25) is 4.68 Å². The standard InChI is InChI=1S/C14H11F4N5O/c15-8-2-1-3-9-11(8)12(7-4-19-5-7)21-23(9)6-10-20-13(24-22-10)14(16,17)18/h1-3,7,19H,4-6H2. The molecule has 1 aliphatic heterocycles. The lowest BCUT2D eigenvalue weighted by molar-refractivity contribution is -0.159. The summed E-state index contributed by atoms with van der Waals surface area (Å²) in [7, 11) is 0. The van der Waals surface area contributed by atoms with Crippen LogP contribution in [0.2, 0.25) is 0 Å². The topological polar surface area (TPSA) is 68.8 Å². The molecule has 1 aliphatic rings. The van der Waals surface area contributed by atoms with E-state index in [1.54, 1.807) is 6.07 Å². The monoisotopic (exact) mass is 341 g/mol. The van der Waals surface area contributed by atoms with E-state index in [-0.39, 0.29) is 18.3 Å². The maximum absolute atomic E-state index is 14.2. The van der Waals surface area contributed by atoms with Crippen LogP contribution in [0.1, 0.15) is 23.3 Å². The zero-order valence-electron chi connectivity index (χ0n) is 12.1. The Labute approximate surface area is 132 Å². The fourth-order valence-electron chi connectivity index (χ4n) is 2.67.